The minimum atomic E-state index is -0.604. The van der Waals surface area contributed by atoms with E-state index in [1.165, 1.54) is 23.8 Å². The molecule has 0 unspecified atom stereocenters. The molecule has 1 aliphatic rings. The quantitative estimate of drug-likeness (QED) is 0.629. The van der Waals surface area contributed by atoms with Crippen LogP contribution in [0.2, 0.25) is 0 Å². The van der Waals surface area contributed by atoms with E-state index >= 15 is 0 Å². The predicted molar refractivity (Wildman–Crippen MR) is 96.0 cm³/mol. The van der Waals surface area contributed by atoms with Crippen molar-refractivity contribution in [2.75, 3.05) is 13.7 Å². The molecule has 26 heavy (non-hydrogen) atoms. The van der Waals surface area contributed by atoms with Crippen molar-refractivity contribution in [3.8, 4) is 16.2 Å². The summed E-state index contributed by atoms with van der Waals surface area (Å²) in [5.41, 5.74) is 7.65. The molecule has 0 spiro atoms. The van der Waals surface area contributed by atoms with E-state index in [0.717, 1.165) is 34.6 Å². The SMILES string of the molecule is COc1ccc2c(c1)CCc1cc(C(=O)OCC(=O)NNC(C)=O)sc1-2. The smallest absolute Gasteiger partial charge is 0.348 e. The molecule has 1 heterocycles. The zero-order valence-corrected chi connectivity index (χ0v) is 15.2. The lowest BCUT2D eigenvalue weighted by atomic mass is 9.91. The number of hydrogen-bond acceptors (Lipinski definition) is 6. The van der Waals surface area contributed by atoms with E-state index < -0.39 is 24.4 Å². The highest BCUT2D eigenvalue weighted by Crippen LogP contribution is 2.40. The lowest BCUT2D eigenvalue weighted by Crippen LogP contribution is -2.42. The third kappa shape index (κ3) is 3.85. The van der Waals surface area contributed by atoms with E-state index in [1.807, 2.05) is 24.3 Å². The average Bonchev–Trinajstić information content (AvgIpc) is 3.08. The summed E-state index contributed by atoms with van der Waals surface area (Å²) in [6.07, 6.45) is 1.71. The van der Waals surface area contributed by atoms with Crippen molar-refractivity contribution in [3.05, 3.63) is 40.3 Å². The van der Waals surface area contributed by atoms with Crippen LogP contribution in [0.5, 0.6) is 5.75 Å². The van der Waals surface area contributed by atoms with Gasteiger partial charge < -0.3 is 9.47 Å². The summed E-state index contributed by atoms with van der Waals surface area (Å²) >= 11 is 1.35. The number of thiophene rings is 1. The Balaban J connectivity index is 1.70. The molecule has 1 aromatic heterocycles. The lowest BCUT2D eigenvalue weighted by molar-refractivity contribution is -0.129. The van der Waals surface area contributed by atoms with Gasteiger partial charge in [0.15, 0.2) is 6.61 Å². The first kappa shape index (κ1) is 17.9. The first-order valence-electron chi connectivity index (χ1n) is 8.00. The lowest BCUT2D eigenvalue weighted by Gasteiger charge is -2.16. The van der Waals surface area contributed by atoms with Crippen molar-refractivity contribution in [3.63, 3.8) is 0 Å². The molecule has 0 bridgehead atoms. The van der Waals surface area contributed by atoms with Gasteiger partial charge in [-0.2, -0.15) is 0 Å². The molecular weight excluding hydrogens is 356 g/mol. The van der Waals surface area contributed by atoms with E-state index in [2.05, 4.69) is 10.9 Å². The van der Waals surface area contributed by atoms with Gasteiger partial charge in [-0.25, -0.2) is 4.79 Å². The number of hydrogen-bond donors (Lipinski definition) is 2. The number of amides is 2. The van der Waals surface area contributed by atoms with Crippen LogP contribution in [-0.2, 0) is 27.2 Å². The third-order valence-corrected chi connectivity index (χ3v) is 5.13. The van der Waals surface area contributed by atoms with Gasteiger partial charge >= 0.3 is 5.97 Å². The van der Waals surface area contributed by atoms with Crippen molar-refractivity contribution in [2.45, 2.75) is 19.8 Å². The number of ether oxygens (including phenoxy) is 2. The van der Waals surface area contributed by atoms with E-state index in [4.69, 9.17) is 9.47 Å². The Bertz CT molecular complexity index is 874. The molecule has 0 radical (unpaired) electrons. The summed E-state index contributed by atoms with van der Waals surface area (Å²) in [6, 6.07) is 7.74. The maximum absolute atomic E-state index is 12.2. The maximum Gasteiger partial charge on any atom is 0.348 e. The third-order valence-electron chi connectivity index (χ3n) is 3.94. The standard InChI is InChI=1S/C18H18N2O5S/c1-10(21)19-20-16(22)9-25-18(23)15-8-12-4-3-11-7-13(24-2)5-6-14(11)17(12)26-15/h5-8H,3-4,9H2,1-2H3,(H,19,21)(H,20,22). The topological polar surface area (TPSA) is 93.7 Å². The van der Waals surface area contributed by atoms with Gasteiger partial charge in [-0.05, 0) is 53.8 Å². The van der Waals surface area contributed by atoms with Gasteiger partial charge in [0.25, 0.3) is 5.91 Å². The second kappa shape index (κ2) is 7.57. The van der Waals surface area contributed by atoms with Crippen LogP contribution in [-0.4, -0.2) is 31.5 Å². The molecule has 7 nitrogen and oxygen atoms in total. The molecule has 2 amide bonds. The number of benzene rings is 1. The fraction of sp³-hybridized carbons (Fsp3) is 0.278. The minimum Gasteiger partial charge on any atom is -0.497 e. The van der Waals surface area contributed by atoms with Crippen LogP contribution in [0.3, 0.4) is 0 Å². The fourth-order valence-electron chi connectivity index (χ4n) is 2.73. The number of carbonyl (C=O) groups excluding carboxylic acids is 3. The number of methoxy groups -OCH3 is 1. The Morgan fingerprint density at radius 3 is 2.62 bits per heavy atom. The highest BCUT2D eigenvalue weighted by Gasteiger charge is 2.23. The normalized spacial score (nSPS) is 11.8. The van der Waals surface area contributed by atoms with Gasteiger partial charge in [0, 0.05) is 11.8 Å². The van der Waals surface area contributed by atoms with Crippen LogP contribution in [0.1, 0.15) is 27.7 Å². The largest absolute Gasteiger partial charge is 0.497 e. The van der Waals surface area contributed by atoms with Crippen molar-refractivity contribution in [2.24, 2.45) is 0 Å². The van der Waals surface area contributed by atoms with Gasteiger partial charge in [0.2, 0.25) is 5.91 Å². The summed E-state index contributed by atoms with van der Waals surface area (Å²) in [6.45, 7) is 0.797. The number of fused-ring (bicyclic) bond motifs is 3. The summed E-state index contributed by atoms with van der Waals surface area (Å²) in [7, 11) is 1.64. The average molecular weight is 374 g/mol. The zero-order chi connectivity index (χ0) is 18.7. The molecule has 136 valence electrons. The van der Waals surface area contributed by atoms with Crippen molar-refractivity contribution >= 4 is 29.1 Å². The molecule has 2 N–H and O–H groups in total. The molecule has 0 fully saturated rings. The highest BCUT2D eigenvalue weighted by atomic mass is 32.1. The fourth-order valence-corrected chi connectivity index (χ4v) is 3.90. The van der Waals surface area contributed by atoms with Gasteiger partial charge in [0.1, 0.15) is 10.6 Å². The molecule has 0 saturated heterocycles. The molecule has 2 aromatic rings. The first-order valence-corrected chi connectivity index (χ1v) is 8.82. The Hall–Kier alpha value is -2.87. The summed E-state index contributed by atoms with van der Waals surface area (Å²) in [5, 5.41) is 0. The van der Waals surface area contributed by atoms with E-state index in [-0.39, 0.29) is 0 Å². The van der Waals surface area contributed by atoms with Gasteiger partial charge in [-0.1, -0.05) is 0 Å². The van der Waals surface area contributed by atoms with Gasteiger partial charge in [-0.3, -0.25) is 20.4 Å². The summed E-state index contributed by atoms with van der Waals surface area (Å²) < 4.78 is 10.3. The number of esters is 1. The van der Waals surface area contributed by atoms with Gasteiger partial charge in [-0.15, -0.1) is 11.3 Å². The number of aryl methyl sites for hydroxylation is 2. The molecule has 1 aromatic carbocycles. The first-order chi connectivity index (χ1) is 12.5. The van der Waals surface area contributed by atoms with Crippen LogP contribution in [0, 0.1) is 0 Å². The Morgan fingerprint density at radius 1 is 1.12 bits per heavy atom. The van der Waals surface area contributed by atoms with E-state index in [9.17, 15) is 14.4 Å². The zero-order valence-electron chi connectivity index (χ0n) is 14.4. The second-order valence-corrected chi connectivity index (χ2v) is 6.85. The van der Waals surface area contributed by atoms with Crippen LogP contribution in [0.4, 0.5) is 0 Å². The van der Waals surface area contributed by atoms with E-state index in [0.29, 0.717) is 4.88 Å². The summed E-state index contributed by atoms with van der Waals surface area (Å²) in [5.74, 6) is -0.760. The number of rotatable bonds is 4. The maximum atomic E-state index is 12.2. The molecule has 0 saturated carbocycles. The monoisotopic (exact) mass is 374 g/mol. The Labute approximate surface area is 154 Å². The number of carbonyl (C=O) groups is 3. The van der Waals surface area contributed by atoms with Crippen LogP contribution >= 0.6 is 11.3 Å². The van der Waals surface area contributed by atoms with Crippen LogP contribution in [0.15, 0.2) is 24.3 Å². The molecule has 1 aliphatic carbocycles. The minimum absolute atomic E-state index is 0.411. The summed E-state index contributed by atoms with van der Waals surface area (Å²) in [4.78, 5) is 35.9. The van der Waals surface area contributed by atoms with Crippen molar-refractivity contribution in [1.29, 1.82) is 0 Å². The van der Waals surface area contributed by atoms with Crippen LogP contribution < -0.4 is 15.6 Å². The second-order valence-electron chi connectivity index (χ2n) is 5.79. The molecule has 0 aliphatic heterocycles. The van der Waals surface area contributed by atoms with E-state index in [1.54, 1.807) is 7.11 Å². The molecule has 0 atom stereocenters. The van der Waals surface area contributed by atoms with Crippen molar-refractivity contribution < 1.29 is 23.9 Å². The molecular formula is C18H18N2O5S. The molecule has 8 heteroatoms. The number of hydrazine groups is 1. The number of nitrogens with one attached hydrogen (secondary N) is 2. The predicted octanol–water partition coefficient (Wildman–Crippen LogP) is 1.85. The van der Waals surface area contributed by atoms with Gasteiger partial charge in [0.05, 0.1) is 7.11 Å². The van der Waals surface area contributed by atoms with Crippen molar-refractivity contribution in [1.82, 2.24) is 10.9 Å². The molecule has 3 rings (SSSR count). The van der Waals surface area contributed by atoms with Crippen LogP contribution in [0.25, 0.3) is 10.4 Å². The Morgan fingerprint density at radius 2 is 1.88 bits per heavy atom. The highest BCUT2D eigenvalue weighted by molar-refractivity contribution is 7.17. The Kier molecular flexibility index (Phi) is 5.22.